The van der Waals surface area contributed by atoms with Crippen LogP contribution in [0.25, 0.3) is 0 Å². The molecule has 0 fully saturated rings. The monoisotopic (exact) mass is 337 g/mol. The lowest BCUT2D eigenvalue weighted by Crippen LogP contribution is -2.27. The molecule has 1 aliphatic rings. The van der Waals surface area contributed by atoms with E-state index in [0.29, 0.717) is 12.2 Å². The molecule has 0 N–H and O–H groups in total. The topological polar surface area (TPSA) is 29.0 Å². The SMILES string of the molecule is CN1CCC=CC1c1nsnc1SCCCCC(F)(F)F. The van der Waals surface area contributed by atoms with Crippen LogP contribution in [0, 0.1) is 0 Å². The first-order chi connectivity index (χ1) is 9.97. The van der Waals surface area contributed by atoms with Crippen LogP contribution in [0.15, 0.2) is 17.2 Å². The van der Waals surface area contributed by atoms with Crippen molar-refractivity contribution < 1.29 is 13.2 Å². The molecule has 0 radical (unpaired) electrons. The normalized spacial score (nSPS) is 20.1. The second-order valence-electron chi connectivity index (χ2n) is 5.02. The molecule has 0 spiro atoms. The van der Waals surface area contributed by atoms with Crippen LogP contribution >= 0.6 is 23.5 Å². The van der Waals surface area contributed by atoms with Crippen LogP contribution < -0.4 is 0 Å². The van der Waals surface area contributed by atoms with Gasteiger partial charge in [-0.2, -0.15) is 21.9 Å². The van der Waals surface area contributed by atoms with Crippen LogP contribution in [0.2, 0.25) is 0 Å². The van der Waals surface area contributed by atoms with Crippen LogP contribution in [0.4, 0.5) is 13.2 Å². The Bertz CT molecular complexity index is 473. The van der Waals surface area contributed by atoms with Crippen LogP contribution in [0.1, 0.15) is 37.4 Å². The molecule has 1 aromatic rings. The van der Waals surface area contributed by atoms with Gasteiger partial charge in [0.05, 0.1) is 17.8 Å². The number of alkyl halides is 3. The van der Waals surface area contributed by atoms with E-state index in [1.165, 1.54) is 23.5 Å². The average Bonchev–Trinajstić information content (AvgIpc) is 2.86. The maximum atomic E-state index is 12.1. The minimum Gasteiger partial charge on any atom is -0.294 e. The largest absolute Gasteiger partial charge is 0.389 e. The van der Waals surface area contributed by atoms with E-state index < -0.39 is 12.6 Å². The molecule has 0 saturated carbocycles. The molecule has 3 nitrogen and oxygen atoms in total. The molecule has 1 atom stereocenters. The molecule has 1 unspecified atom stereocenters. The molecule has 0 aliphatic carbocycles. The summed E-state index contributed by atoms with van der Waals surface area (Å²) in [7, 11) is 2.05. The molecule has 0 bridgehead atoms. The maximum Gasteiger partial charge on any atom is 0.389 e. The predicted molar refractivity (Wildman–Crippen MR) is 79.7 cm³/mol. The molecule has 1 aromatic heterocycles. The maximum absolute atomic E-state index is 12.1. The highest BCUT2D eigenvalue weighted by molar-refractivity contribution is 7.99. The van der Waals surface area contributed by atoms with E-state index in [0.717, 1.165) is 23.7 Å². The zero-order valence-corrected chi connectivity index (χ0v) is 13.4. The molecule has 8 heteroatoms. The number of aromatic nitrogens is 2. The van der Waals surface area contributed by atoms with Crippen LogP contribution in [0.3, 0.4) is 0 Å². The van der Waals surface area contributed by atoms with Gasteiger partial charge in [-0.05, 0) is 32.1 Å². The Morgan fingerprint density at radius 1 is 1.38 bits per heavy atom. The standard InChI is InChI=1S/C13H18F3N3S2/c1-19-8-4-2-6-10(19)11-12(18-21-17-11)20-9-5-3-7-13(14,15)16/h2,6,10H,3-5,7-9H2,1H3. The van der Waals surface area contributed by atoms with Gasteiger partial charge in [-0.25, -0.2) is 0 Å². The smallest absolute Gasteiger partial charge is 0.294 e. The van der Waals surface area contributed by atoms with Gasteiger partial charge < -0.3 is 0 Å². The number of thioether (sulfide) groups is 1. The quantitative estimate of drug-likeness (QED) is 0.440. The Hall–Kier alpha value is -0.600. The van der Waals surface area contributed by atoms with Crippen molar-refractivity contribution in [3.05, 3.63) is 17.8 Å². The van der Waals surface area contributed by atoms with Gasteiger partial charge in [-0.1, -0.05) is 12.2 Å². The summed E-state index contributed by atoms with van der Waals surface area (Å²) in [4.78, 5) is 2.21. The molecule has 0 amide bonds. The van der Waals surface area contributed by atoms with Gasteiger partial charge in [0.25, 0.3) is 0 Å². The minimum atomic E-state index is -4.05. The number of likely N-dealkylation sites (N-methyl/N-ethyl adjacent to an activating group) is 1. The summed E-state index contributed by atoms with van der Waals surface area (Å²) in [6.45, 7) is 0.981. The van der Waals surface area contributed by atoms with Crippen molar-refractivity contribution in [2.45, 2.75) is 42.9 Å². The van der Waals surface area contributed by atoms with E-state index >= 15 is 0 Å². The highest BCUT2D eigenvalue weighted by Crippen LogP contribution is 2.32. The Labute approximate surface area is 130 Å². The molecule has 21 heavy (non-hydrogen) atoms. The Morgan fingerprint density at radius 2 is 2.19 bits per heavy atom. The molecule has 2 rings (SSSR count). The second kappa shape index (κ2) is 7.60. The van der Waals surface area contributed by atoms with Crippen molar-refractivity contribution in [2.24, 2.45) is 0 Å². The fourth-order valence-corrected chi connectivity index (χ4v) is 3.87. The number of hydrogen-bond acceptors (Lipinski definition) is 5. The molecule has 118 valence electrons. The van der Waals surface area contributed by atoms with Crippen molar-refractivity contribution in [1.82, 2.24) is 13.6 Å². The summed E-state index contributed by atoms with van der Waals surface area (Å²) in [5.41, 5.74) is 0.930. The summed E-state index contributed by atoms with van der Waals surface area (Å²) >= 11 is 2.68. The van der Waals surface area contributed by atoms with Crippen molar-refractivity contribution >= 4 is 23.5 Å². The molecule has 2 heterocycles. The van der Waals surface area contributed by atoms with Gasteiger partial charge in [0.1, 0.15) is 10.7 Å². The Kier molecular flexibility index (Phi) is 6.07. The number of unbranched alkanes of at least 4 members (excludes halogenated alkanes) is 1. The van der Waals surface area contributed by atoms with Crippen molar-refractivity contribution in [2.75, 3.05) is 19.3 Å². The van der Waals surface area contributed by atoms with E-state index in [1.54, 1.807) is 0 Å². The van der Waals surface area contributed by atoms with Crippen molar-refractivity contribution in [1.29, 1.82) is 0 Å². The van der Waals surface area contributed by atoms with Gasteiger partial charge in [-0.3, -0.25) is 4.90 Å². The van der Waals surface area contributed by atoms with Gasteiger partial charge in [0.2, 0.25) is 0 Å². The zero-order chi connectivity index (χ0) is 15.3. The van der Waals surface area contributed by atoms with E-state index in [1.807, 2.05) is 7.05 Å². The Balaban J connectivity index is 1.83. The van der Waals surface area contributed by atoms with Gasteiger partial charge in [0.15, 0.2) is 0 Å². The minimum absolute atomic E-state index is 0.134. The summed E-state index contributed by atoms with van der Waals surface area (Å²) < 4.78 is 44.8. The highest BCUT2D eigenvalue weighted by atomic mass is 32.2. The predicted octanol–water partition coefficient (Wildman–Crippen LogP) is 4.30. The van der Waals surface area contributed by atoms with Crippen LogP contribution in [-0.4, -0.2) is 39.2 Å². The zero-order valence-electron chi connectivity index (χ0n) is 11.8. The first-order valence-corrected chi connectivity index (χ1v) is 8.58. The van der Waals surface area contributed by atoms with Crippen LogP contribution in [0.5, 0.6) is 0 Å². The molecule has 1 aliphatic heterocycles. The van der Waals surface area contributed by atoms with Crippen molar-refractivity contribution in [3.63, 3.8) is 0 Å². The van der Waals surface area contributed by atoms with E-state index in [9.17, 15) is 13.2 Å². The summed E-state index contributed by atoms with van der Waals surface area (Å²) in [5, 5.41) is 0.857. The van der Waals surface area contributed by atoms with E-state index in [4.69, 9.17) is 0 Å². The fraction of sp³-hybridized carbons (Fsp3) is 0.692. The third kappa shape index (κ3) is 5.27. The lowest BCUT2D eigenvalue weighted by atomic mass is 10.1. The van der Waals surface area contributed by atoms with Gasteiger partial charge in [0, 0.05) is 13.0 Å². The van der Waals surface area contributed by atoms with E-state index in [2.05, 4.69) is 25.8 Å². The third-order valence-corrected chi connectivity index (χ3v) is 5.02. The first kappa shape index (κ1) is 16.8. The molecular weight excluding hydrogens is 319 g/mol. The lowest BCUT2D eigenvalue weighted by molar-refractivity contribution is -0.135. The van der Waals surface area contributed by atoms with Crippen LogP contribution in [-0.2, 0) is 0 Å². The molecule has 0 saturated heterocycles. The highest BCUT2D eigenvalue weighted by Gasteiger charge is 2.26. The number of rotatable bonds is 6. The number of halogens is 3. The average molecular weight is 337 g/mol. The first-order valence-electron chi connectivity index (χ1n) is 6.86. The lowest BCUT2D eigenvalue weighted by Gasteiger charge is -2.27. The number of hydrogen-bond donors (Lipinski definition) is 0. The molecule has 0 aromatic carbocycles. The molecular formula is C13H18F3N3S2. The summed E-state index contributed by atoms with van der Waals surface area (Å²) in [5.74, 6) is 0.647. The van der Waals surface area contributed by atoms with Gasteiger partial charge >= 0.3 is 6.18 Å². The number of nitrogens with zero attached hydrogens (tertiary/aromatic N) is 3. The van der Waals surface area contributed by atoms with E-state index in [-0.39, 0.29) is 12.5 Å². The summed E-state index contributed by atoms with van der Waals surface area (Å²) in [6, 6.07) is 0.134. The fourth-order valence-electron chi connectivity index (χ4n) is 2.15. The second-order valence-corrected chi connectivity index (χ2v) is 6.63. The summed E-state index contributed by atoms with van der Waals surface area (Å²) in [6.07, 6.45) is 1.25. The third-order valence-electron chi connectivity index (χ3n) is 3.30. The van der Waals surface area contributed by atoms with Crippen molar-refractivity contribution in [3.8, 4) is 0 Å². The Morgan fingerprint density at radius 3 is 2.90 bits per heavy atom. The van der Waals surface area contributed by atoms with Gasteiger partial charge in [-0.15, -0.1) is 11.8 Å².